The Hall–Kier alpha value is -1.77. The predicted octanol–water partition coefficient (Wildman–Crippen LogP) is 1.69. The Kier molecular flexibility index (Phi) is 5.28. The van der Waals surface area contributed by atoms with Crippen molar-refractivity contribution in [2.24, 2.45) is 0 Å². The lowest BCUT2D eigenvalue weighted by molar-refractivity contribution is 0.525. The van der Waals surface area contributed by atoms with Crippen LogP contribution in [0.2, 0.25) is 0 Å². The maximum atomic E-state index is 13.3. The van der Waals surface area contributed by atoms with Crippen molar-refractivity contribution >= 4 is 19.7 Å². The highest BCUT2D eigenvalue weighted by atomic mass is 32.2. The summed E-state index contributed by atoms with van der Waals surface area (Å²) in [6, 6.07) is 8.32. The maximum Gasteiger partial charge on any atom is 0.183 e. The van der Waals surface area contributed by atoms with Gasteiger partial charge in [0.25, 0.3) is 0 Å². The zero-order valence-electron chi connectivity index (χ0n) is 15.5. The lowest BCUT2D eigenvalue weighted by atomic mass is 9.92. The second-order valence-electron chi connectivity index (χ2n) is 7.65. The number of rotatable bonds is 5. The molecular weight excluding hydrogens is 396 g/mol. The van der Waals surface area contributed by atoms with Gasteiger partial charge >= 0.3 is 0 Å². The minimum Gasteiger partial charge on any atom is -0.308 e. The number of nitrogens with zero attached hydrogens (tertiary/aromatic N) is 1. The molecule has 6 nitrogen and oxygen atoms in total. The molecule has 2 aliphatic rings. The van der Waals surface area contributed by atoms with Crippen LogP contribution in [-0.2, 0) is 39.1 Å². The molecule has 0 saturated carbocycles. The van der Waals surface area contributed by atoms with Crippen LogP contribution in [0, 0.1) is 0 Å². The second-order valence-corrected chi connectivity index (χ2v) is 12.0. The van der Waals surface area contributed by atoms with Gasteiger partial charge in [-0.05, 0) is 60.6 Å². The third-order valence-corrected chi connectivity index (χ3v) is 9.79. The van der Waals surface area contributed by atoms with Crippen LogP contribution in [0.3, 0.4) is 0 Å². The number of hydrogen-bond donors (Lipinski definition) is 1. The fourth-order valence-electron chi connectivity index (χ4n) is 4.12. The number of sulfone groups is 2. The second kappa shape index (κ2) is 7.57. The van der Waals surface area contributed by atoms with E-state index in [2.05, 4.69) is 10.3 Å². The standard InChI is InChI=1S/C20H24N2O4S2/c23-27(24)13-19(22-12-15-4-3-9-21-11-15)20(14-27)28(25,26)18-8-7-16-5-1-2-6-17(16)10-18/h3-4,7-11,19-20,22H,1-2,5-6,12-14H2/t19-,20-/m0/s1. The molecule has 1 aromatic heterocycles. The molecule has 0 unspecified atom stereocenters. The molecule has 1 saturated heterocycles. The highest BCUT2D eigenvalue weighted by molar-refractivity contribution is 7.96. The SMILES string of the molecule is O=S1(=O)C[C@H](NCc2cccnc2)[C@@H](S(=O)(=O)c2ccc3c(c2)CCCC3)C1. The third kappa shape index (κ3) is 3.99. The lowest BCUT2D eigenvalue weighted by Gasteiger charge is -2.22. The number of aryl methyl sites for hydroxylation is 2. The molecule has 2 heterocycles. The van der Waals surface area contributed by atoms with E-state index in [0.717, 1.165) is 36.8 Å². The average Bonchev–Trinajstić information content (AvgIpc) is 3.02. The van der Waals surface area contributed by atoms with E-state index >= 15 is 0 Å². The molecule has 1 aliphatic carbocycles. The molecule has 2 atom stereocenters. The summed E-state index contributed by atoms with van der Waals surface area (Å²) >= 11 is 0. The molecule has 2 aromatic rings. The number of aromatic nitrogens is 1. The lowest BCUT2D eigenvalue weighted by Crippen LogP contribution is -2.43. The summed E-state index contributed by atoms with van der Waals surface area (Å²) in [5.74, 6) is -0.501. The van der Waals surface area contributed by atoms with Crippen molar-refractivity contribution < 1.29 is 16.8 Å². The Bertz CT molecular complexity index is 1070. The van der Waals surface area contributed by atoms with Gasteiger partial charge in [-0.25, -0.2) is 16.8 Å². The first-order chi connectivity index (χ1) is 13.4. The summed E-state index contributed by atoms with van der Waals surface area (Å²) in [5, 5.41) is 2.17. The van der Waals surface area contributed by atoms with E-state index in [-0.39, 0.29) is 16.4 Å². The third-order valence-electron chi connectivity index (χ3n) is 5.64. The first-order valence-corrected chi connectivity index (χ1v) is 12.9. The predicted molar refractivity (Wildman–Crippen MR) is 108 cm³/mol. The maximum absolute atomic E-state index is 13.3. The van der Waals surface area contributed by atoms with E-state index in [0.29, 0.717) is 6.54 Å². The molecule has 1 aromatic carbocycles. The van der Waals surface area contributed by atoms with E-state index in [9.17, 15) is 16.8 Å². The smallest absolute Gasteiger partial charge is 0.183 e. The highest BCUT2D eigenvalue weighted by Gasteiger charge is 2.45. The normalized spacial score (nSPS) is 24.0. The highest BCUT2D eigenvalue weighted by Crippen LogP contribution is 2.29. The van der Waals surface area contributed by atoms with E-state index in [1.165, 1.54) is 5.56 Å². The number of fused-ring (bicyclic) bond motifs is 1. The number of nitrogens with one attached hydrogen (secondary N) is 1. The first-order valence-electron chi connectivity index (χ1n) is 9.54. The van der Waals surface area contributed by atoms with Gasteiger partial charge in [-0.2, -0.15) is 0 Å². The van der Waals surface area contributed by atoms with Gasteiger partial charge in [-0.3, -0.25) is 4.98 Å². The van der Waals surface area contributed by atoms with Gasteiger partial charge in [-0.1, -0.05) is 12.1 Å². The van der Waals surface area contributed by atoms with Crippen molar-refractivity contribution in [1.82, 2.24) is 10.3 Å². The molecule has 1 fully saturated rings. The van der Waals surface area contributed by atoms with Gasteiger partial charge in [0.2, 0.25) is 0 Å². The van der Waals surface area contributed by atoms with Gasteiger partial charge in [-0.15, -0.1) is 0 Å². The Morgan fingerprint density at radius 2 is 1.86 bits per heavy atom. The molecule has 1 aliphatic heterocycles. The van der Waals surface area contributed by atoms with E-state index in [4.69, 9.17) is 0 Å². The minimum atomic E-state index is -3.75. The van der Waals surface area contributed by atoms with Crippen molar-refractivity contribution in [3.05, 3.63) is 59.4 Å². The molecule has 0 amide bonds. The number of pyridine rings is 1. The summed E-state index contributed by atoms with van der Waals surface area (Å²) < 4.78 is 51.1. The number of hydrogen-bond acceptors (Lipinski definition) is 6. The largest absolute Gasteiger partial charge is 0.308 e. The minimum absolute atomic E-state index is 0.165. The van der Waals surface area contributed by atoms with Crippen LogP contribution in [0.25, 0.3) is 0 Å². The molecule has 150 valence electrons. The molecular formula is C20H24N2O4S2. The van der Waals surface area contributed by atoms with Gasteiger partial charge in [0.05, 0.1) is 21.7 Å². The summed E-state index contributed by atoms with van der Waals surface area (Å²) in [5.41, 5.74) is 3.17. The number of benzene rings is 1. The van der Waals surface area contributed by atoms with Crippen LogP contribution in [0.4, 0.5) is 0 Å². The fourth-order valence-corrected chi connectivity index (χ4v) is 8.89. The van der Waals surface area contributed by atoms with Crippen molar-refractivity contribution in [2.45, 2.75) is 48.4 Å². The van der Waals surface area contributed by atoms with Gasteiger partial charge < -0.3 is 5.32 Å². The van der Waals surface area contributed by atoms with E-state index in [1.54, 1.807) is 30.6 Å². The van der Waals surface area contributed by atoms with Crippen LogP contribution < -0.4 is 5.32 Å². The van der Waals surface area contributed by atoms with Crippen molar-refractivity contribution in [2.75, 3.05) is 11.5 Å². The van der Waals surface area contributed by atoms with E-state index in [1.807, 2.05) is 12.1 Å². The van der Waals surface area contributed by atoms with Gasteiger partial charge in [0.1, 0.15) is 0 Å². The fraction of sp³-hybridized carbons (Fsp3) is 0.450. The van der Waals surface area contributed by atoms with Gasteiger partial charge in [0, 0.05) is 25.0 Å². The van der Waals surface area contributed by atoms with Crippen molar-refractivity contribution in [3.8, 4) is 0 Å². The molecule has 4 rings (SSSR count). The van der Waals surface area contributed by atoms with Crippen LogP contribution in [0.15, 0.2) is 47.6 Å². The Balaban J connectivity index is 1.60. The molecule has 0 radical (unpaired) electrons. The summed E-state index contributed by atoms with van der Waals surface area (Å²) in [4.78, 5) is 4.28. The van der Waals surface area contributed by atoms with Crippen LogP contribution in [0.1, 0.15) is 29.5 Å². The molecule has 8 heteroatoms. The summed E-state index contributed by atoms with van der Waals surface area (Å²) in [6.45, 7) is 0.379. The van der Waals surface area contributed by atoms with Crippen molar-refractivity contribution in [1.29, 1.82) is 0 Å². The molecule has 28 heavy (non-hydrogen) atoms. The molecule has 1 N–H and O–H groups in total. The first kappa shape index (κ1) is 19.5. The molecule has 0 spiro atoms. The Morgan fingerprint density at radius 1 is 1.07 bits per heavy atom. The molecule has 0 bridgehead atoms. The zero-order chi connectivity index (χ0) is 19.8. The van der Waals surface area contributed by atoms with Crippen LogP contribution in [-0.4, -0.2) is 44.6 Å². The van der Waals surface area contributed by atoms with Crippen LogP contribution >= 0.6 is 0 Å². The summed E-state index contributed by atoms with van der Waals surface area (Å²) in [7, 11) is -7.17. The Morgan fingerprint density at radius 3 is 2.61 bits per heavy atom. The average molecular weight is 421 g/mol. The van der Waals surface area contributed by atoms with E-state index < -0.39 is 31.0 Å². The van der Waals surface area contributed by atoms with Crippen LogP contribution in [0.5, 0.6) is 0 Å². The Labute approximate surface area is 166 Å². The monoisotopic (exact) mass is 420 g/mol. The zero-order valence-corrected chi connectivity index (χ0v) is 17.2. The topological polar surface area (TPSA) is 93.2 Å². The van der Waals surface area contributed by atoms with Crippen molar-refractivity contribution in [3.63, 3.8) is 0 Å². The quantitative estimate of drug-likeness (QED) is 0.791. The van der Waals surface area contributed by atoms with Gasteiger partial charge in [0.15, 0.2) is 19.7 Å². The summed E-state index contributed by atoms with van der Waals surface area (Å²) in [6.07, 6.45) is 7.38.